The average molecular weight is 418 g/mol. The molecular weight excluding hydrogens is 388 g/mol. The molecule has 2 aromatic heterocycles. The number of nitrogens with zero attached hydrogens (tertiary/aromatic N) is 3. The minimum atomic E-state index is -0.300. The number of carbonyl (C=O) groups is 2. The number of oxazole rings is 1. The summed E-state index contributed by atoms with van der Waals surface area (Å²) in [4.78, 5) is 30.7. The Morgan fingerprint density at radius 3 is 3.03 bits per heavy atom. The molecule has 1 aliphatic heterocycles. The minimum absolute atomic E-state index is 0.101. The number of hydrogen-bond donors (Lipinski definition) is 1. The number of carbonyl (C=O) groups excluding carboxylic acids is 2. The summed E-state index contributed by atoms with van der Waals surface area (Å²) in [5.41, 5.74) is 1.20. The van der Waals surface area contributed by atoms with E-state index in [1.807, 2.05) is 34.7 Å². The number of rotatable bonds is 11. The van der Waals surface area contributed by atoms with Crippen LogP contribution in [0.25, 0.3) is 0 Å². The highest BCUT2D eigenvalue weighted by Gasteiger charge is 2.23. The van der Waals surface area contributed by atoms with Crippen LogP contribution in [-0.2, 0) is 27.4 Å². The van der Waals surface area contributed by atoms with E-state index in [0.717, 1.165) is 25.1 Å². The SMILES string of the molecule is CCC(=O)N(Cc1cccn1Cc1nc(C(=O)NCCOC)co1)C[C@H]1CCCO1. The van der Waals surface area contributed by atoms with E-state index in [4.69, 9.17) is 13.9 Å². The number of methoxy groups -OCH3 is 1. The third kappa shape index (κ3) is 5.93. The predicted octanol–water partition coefficient (Wildman–Crippen LogP) is 1.82. The smallest absolute Gasteiger partial charge is 0.273 e. The number of amides is 2. The Balaban J connectivity index is 1.63. The Morgan fingerprint density at radius 1 is 1.43 bits per heavy atom. The molecule has 0 aromatic carbocycles. The molecule has 0 unspecified atom stereocenters. The van der Waals surface area contributed by atoms with Gasteiger partial charge in [-0.1, -0.05) is 6.92 Å². The molecule has 3 rings (SSSR count). The lowest BCUT2D eigenvalue weighted by Gasteiger charge is -2.25. The van der Waals surface area contributed by atoms with Crippen molar-refractivity contribution in [2.75, 3.05) is 33.4 Å². The van der Waals surface area contributed by atoms with Crippen LogP contribution in [-0.4, -0.2) is 65.8 Å². The molecule has 2 aromatic rings. The minimum Gasteiger partial charge on any atom is -0.446 e. The molecule has 30 heavy (non-hydrogen) atoms. The van der Waals surface area contributed by atoms with E-state index < -0.39 is 0 Å². The molecule has 1 fully saturated rings. The zero-order chi connectivity index (χ0) is 21.3. The Kier molecular flexibility index (Phi) is 8.04. The highest BCUT2D eigenvalue weighted by molar-refractivity contribution is 5.91. The normalized spacial score (nSPS) is 16.0. The standard InChI is InChI=1S/C21H30N4O5/c1-3-20(26)25(13-17-7-5-10-29-17)12-16-6-4-9-24(16)14-19-23-18(15-30-19)21(27)22-8-11-28-2/h4,6,9,15,17H,3,5,7-8,10-14H2,1-2H3,(H,22,27)/t17-/m1/s1. The van der Waals surface area contributed by atoms with Crippen LogP contribution in [0.1, 0.15) is 48.3 Å². The molecule has 164 valence electrons. The number of hydrogen-bond acceptors (Lipinski definition) is 6. The van der Waals surface area contributed by atoms with Gasteiger partial charge in [0, 0.05) is 45.1 Å². The summed E-state index contributed by atoms with van der Waals surface area (Å²) in [5.74, 6) is 0.229. The highest BCUT2D eigenvalue weighted by Crippen LogP contribution is 2.17. The van der Waals surface area contributed by atoms with E-state index in [0.29, 0.717) is 45.1 Å². The van der Waals surface area contributed by atoms with Crippen molar-refractivity contribution < 1.29 is 23.5 Å². The third-order valence-corrected chi connectivity index (χ3v) is 5.06. The molecule has 1 aliphatic rings. The van der Waals surface area contributed by atoms with Gasteiger partial charge in [-0.25, -0.2) is 4.98 Å². The molecule has 9 heteroatoms. The predicted molar refractivity (Wildman–Crippen MR) is 109 cm³/mol. The fourth-order valence-electron chi connectivity index (χ4n) is 3.45. The van der Waals surface area contributed by atoms with Gasteiger partial charge in [-0.2, -0.15) is 0 Å². The van der Waals surface area contributed by atoms with Crippen LogP contribution in [0.5, 0.6) is 0 Å². The van der Waals surface area contributed by atoms with Crippen LogP contribution in [0, 0.1) is 0 Å². The van der Waals surface area contributed by atoms with Crippen molar-refractivity contribution in [2.45, 2.75) is 45.4 Å². The van der Waals surface area contributed by atoms with Crippen LogP contribution in [0.3, 0.4) is 0 Å². The first-order valence-corrected chi connectivity index (χ1v) is 10.4. The second-order valence-electron chi connectivity index (χ2n) is 7.27. The third-order valence-electron chi connectivity index (χ3n) is 5.06. The Labute approximate surface area is 176 Å². The van der Waals surface area contributed by atoms with Crippen molar-refractivity contribution in [3.8, 4) is 0 Å². The van der Waals surface area contributed by atoms with Crippen molar-refractivity contribution in [1.82, 2.24) is 19.8 Å². The Hall–Kier alpha value is -2.65. The van der Waals surface area contributed by atoms with E-state index in [-0.39, 0.29) is 23.6 Å². The summed E-state index contributed by atoms with van der Waals surface area (Å²) >= 11 is 0. The molecule has 0 radical (unpaired) electrons. The Morgan fingerprint density at radius 2 is 2.30 bits per heavy atom. The van der Waals surface area contributed by atoms with Crippen molar-refractivity contribution >= 4 is 11.8 Å². The number of nitrogens with one attached hydrogen (secondary N) is 1. The monoisotopic (exact) mass is 418 g/mol. The van der Waals surface area contributed by atoms with Gasteiger partial charge in [-0.05, 0) is 25.0 Å². The van der Waals surface area contributed by atoms with Crippen molar-refractivity contribution in [3.63, 3.8) is 0 Å². The van der Waals surface area contributed by atoms with Gasteiger partial charge in [-0.3, -0.25) is 9.59 Å². The molecule has 3 heterocycles. The van der Waals surface area contributed by atoms with Crippen LogP contribution in [0.15, 0.2) is 29.0 Å². The fourth-order valence-corrected chi connectivity index (χ4v) is 3.45. The van der Waals surface area contributed by atoms with Gasteiger partial charge in [-0.15, -0.1) is 0 Å². The van der Waals surface area contributed by atoms with Crippen LogP contribution >= 0.6 is 0 Å². The van der Waals surface area contributed by atoms with Crippen molar-refractivity contribution in [1.29, 1.82) is 0 Å². The summed E-state index contributed by atoms with van der Waals surface area (Å²) < 4.78 is 18.1. The van der Waals surface area contributed by atoms with E-state index in [1.165, 1.54) is 6.26 Å². The fraction of sp³-hybridized carbons (Fsp3) is 0.571. The number of aromatic nitrogens is 2. The van der Waals surface area contributed by atoms with Crippen molar-refractivity contribution in [3.05, 3.63) is 41.9 Å². The lowest BCUT2D eigenvalue weighted by Crippen LogP contribution is -2.37. The van der Waals surface area contributed by atoms with E-state index in [9.17, 15) is 9.59 Å². The molecule has 0 saturated carbocycles. The van der Waals surface area contributed by atoms with E-state index in [2.05, 4.69) is 10.3 Å². The molecule has 0 spiro atoms. The summed E-state index contributed by atoms with van der Waals surface area (Å²) in [6.07, 6.45) is 5.86. The molecule has 9 nitrogen and oxygen atoms in total. The van der Waals surface area contributed by atoms with Crippen LogP contribution in [0.2, 0.25) is 0 Å². The van der Waals surface area contributed by atoms with Gasteiger partial charge in [0.25, 0.3) is 5.91 Å². The zero-order valence-corrected chi connectivity index (χ0v) is 17.6. The lowest BCUT2D eigenvalue weighted by atomic mass is 10.2. The Bertz CT molecular complexity index is 825. The molecular formula is C21H30N4O5. The first-order chi connectivity index (χ1) is 14.6. The lowest BCUT2D eigenvalue weighted by molar-refractivity contribution is -0.133. The van der Waals surface area contributed by atoms with Gasteiger partial charge in [0.05, 0.1) is 25.8 Å². The average Bonchev–Trinajstić information content (AvgIpc) is 3.50. The van der Waals surface area contributed by atoms with Gasteiger partial charge in [0.1, 0.15) is 6.26 Å². The molecule has 0 bridgehead atoms. The van der Waals surface area contributed by atoms with Crippen molar-refractivity contribution in [2.24, 2.45) is 0 Å². The quantitative estimate of drug-likeness (QED) is 0.559. The molecule has 1 saturated heterocycles. The first-order valence-electron chi connectivity index (χ1n) is 10.4. The topological polar surface area (TPSA) is 98.8 Å². The molecule has 1 N–H and O–H groups in total. The molecule has 2 amide bonds. The van der Waals surface area contributed by atoms with Crippen LogP contribution in [0.4, 0.5) is 0 Å². The van der Waals surface area contributed by atoms with Gasteiger partial charge in [0.15, 0.2) is 5.69 Å². The maximum atomic E-state index is 12.5. The maximum absolute atomic E-state index is 12.5. The molecule has 1 atom stereocenters. The summed E-state index contributed by atoms with van der Waals surface area (Å²) in [6.45, 7) is 4.94. The second kappa shape index (κ2) is 10.9. The summed E-state index contributed by atoms with van der Waals surface area (Å²) in [6, 6.07) is 3.91. The second-order valence-corrected chi connectivity index (χ2v) is 7.27. The highest BCUT2D eigenvalue weighted by atomic mass is 16.5. The molecule has 0 aliphatic carbocycles. The van der Waals surface area contributed by atoms with E-state index >= 15 is 0 Å². The number of ether oxygens (including phenoxy) is 2. The maximum Gasteiger partial charge on any atom is 0.273 e. The van der Waals surface area contributed by atoms with Gasteiger partial charge >= 0.3 is 0 Å². The summed E-state index contributed by atoms with van der Waals surface area (Å²) in [5, 5.41) is 2.71. The largest absolute Gasteiger partial charge is 0.446 e. The first kappa shape index (κ1) is 22.0. The van der Waals surface area contributed by atoms with Gasteiger partial charge in [0.2, 0.25) is 11.8 Å². The summed E-state index contributed by atoms with van der Waals surface area (Å²) in [7, 11) is 1.57. The van der Waals surface area contributed by atoms with Crippen LogP contribution < -0.4 is 5.32 Å². The van der Waals surface area contributed by atoms with E-state index in [1.54, 1.807) is 7.11 Å². The van der Waals surface area contributed by atoms with Gasteiger partial charge < -0.3 is 28.7 Å². The zero-order valence-electron chi connectivity index (χ0n) is 17.6.